The van der Waals surface area contributed by atoms with Crippen molar-refractivity contribution in [3.8, 4) is 11.5 Å². The number of nitrogens with zero attached hydrogens (tertiary/aromatic N) is 3. The summed E-state index contributed by atoms with van der Waals surface area (Å²) in [5, 5.41) is 17.8. The molecule has 31 heavy (non-hydrogen) atoms. The maximum Gasteiger partial charge on any atom is 0.416 e. The first kappa shape index (κ1) is 22.1. The van der Waals surface area contributed by atoms with E-state index in [1.165, 1.54) is 16.8 Å². The molecule has 0 spiro atoms. The number of ether oxygens (including phenoxy) is 1. The molecule has 12 heteroatoms. The number of hydrogen-bond donors (Lipinski definition) is 1. The first-order valence-electron chi connectivity index (χ1n) is 8.60. The Morgan fingerprint density at radius 1 is 1.23 bits per heavy atom. The highest BCUT2D eigenvalue weighted by Crippen LogP contribution is 2.34. The summed E-state index contributed by atoms with van der Waals surface area (Å²) in [7, 11) is 1.59. The van der Waals surface area contributed by atoms with Gasteiger partial charge in [0.1, 0.15) is 11.5 Å². The summed E-state index contributed by atoms with van der Waals surface area (Å²) in [4.78, 5) is 23.0. The summed E-state index contributed by atoms with van der Waals surface area (Å²) in [5.41, 5.74) is -0.958. The van der Waals surface area contributed by atoms with E-state index >= 15 is 0 Å². The molecule has 0 unspecified atom stereocenters. The highest BCUT2D eigenvalue weighted by molar-refractivity contribution is 6.34. The second kappa shape index (κ2) is 8.26. The van der Waals surface area contributed by atoms with Crippen molar-refractivity contribution >= 4 is 28.9 Å². The van der Waals surface area contributed by atoms with E-state index in [0.29, 0.717) is 5.69 Å². The fraction of sp³-hybridized carbons (Fsp3) is 0.158. The zero-order chi connectivity index (χ0) is 22.9. The highest BCUT2D eigenvalue weighted by Gasteiger charge is 2.30. The molecule has 3 aromatic rings. The predicted octanol–water partition coefficient (Wildman–Crippen LogP) is 5.35. The lowest BCUT2D eigenvalue weighted by Crippen LogP contribution is -2.13. The largest absolute Gasteiger partial charge is 0.457 e. The van der Waals surface area contributed by atoms with E-state index in [0.717, 1.165) is 30.3 Å². The molecule has 3 rings (SSSR count). The van der Waals surface area contributed by atoms with Crippen LogP contribution in [0.3, 0.4) is 0 Å². The second-order valence-corrected chi connectivity index (χ2v) is 6.80. The van der Waals surface area contributed by atoms with Crippen molar-refractivity contribution in [1.29, 1.82) is 0 Å². The summed E-state index contributed by atoms with van der Waals surface area (Å²) in [6.45, 7) is 1.65. The number of amides is 1. The van der Waals surface area contributed by atoms with Gasteiger partial charge >= 0.3 is 6.18 Å². The zero-order valence-electron chi connectivity index (χ0n) is 16.0. The van der Waals surface area contributed by atoms with Gasteiger partial charge in [-0.15, -0.1) is 0 Å². The Morgan fingerprint density at radius 2 is 1.94 bits per heavy atom. The highest BCUT2D eigenvalue weighted by atomic mass is 35.5. The summed E-state index contributed by atoms with van der Waals surface area (Å²) >= 11 is 6.08. The molecule has 0 radical (unpaired) electrons. The lowest BCUT2D eigenvalue weighted by Gasteiger charge is -2.11. The molecule has 0 aliphatic heterocycles. The smallest absolute Gasteiger partial charge is 0.416 e. The maximum absolute atomic E-state index is 12.9. The number of aromatic nitrogens is 2. The number of non-ortho nitro benzene ring substituents is 1. The Hall–Kier alpha value is -3.60. The molecule has 1 amide bonds. The van der Waals surface area contributed by atoms with Gasteiger partial charge in [0.15, 0.2) is 5.69 Å². The molecular formula is C19H14ClF3N4O4. The van der Waals surface area contributed by atoms with Gasteiger partial charge in [-0.2, -0.15) is 18.3 Å². The first-order valence-corrected chi connectivity index (χ1v) is 8.98. The fourth-order valence-electron chi connectivity index (χ4n) is 2.61. The monoisotopic (exact) mass is 454 g/mol. The quantitative estimate of drug-likeness (QED) is 0.413. The van der Waals surface area contributed by atoms with Crippen molar-refractivity contribution < 1.29 is 27.6 Å². The zero-order valence-corrected chi connectivity index (χ0v) is 16.8. The number of anilines is 1. The maximum atomic E-state index is 12.9. The van der Waals surface area contributed by atoms with Crippen LogP contribution in [0.4, 0.5) is 24.5 Å². The van der Waals surface area contributed by atoms with Crippen LogP contribution in [-0.2, 0) is 13.2 Å². The van der Waals surface area contributed by atoms with Crippen molar-refractivity contribution in [2.75, 3.05) is 5.32 Å². The average Bonchev–Trinajstić information content (AvgIpc) is 2.95. The Morgan fingerprint density at radius 3 is 2.52 bits per heavy atom. The van der Waals surface area contributed by atoms with E-state index in [4.69, 9.17) is 16.3 Å². The minimum absolute atomic E-state index is 0.0273. The molecule has 0 atom stereocenters. The van der Waals surface area contributed by atoms with E-state index in [1.54, 1.807) is 14.0 Å². The summed E-state index contributed by atoms with van der Waals surface area (Å²) in [6, 6.07) is 7.35. The molecule has 0 bridgehead atoms. The minimum atomic E-state index is -4.58. The van der Waals surface area contributed by atoms with Gasteiger partial charge in [0.2, 0.25) is 0 Å². The molecule has 8 nitrogen and oxygen atoms in total. The third kappa shape index (κ3) is 4.94. The Kier molecular flexibility index (Phi) is 5.89. The molecule has 2 aromatic carbocycles. The number of nitro benzene ring substituents is 1. The number of rotatable bonds is 5. The number of carbonyl (C=O) groups is 1. The molecular weight excluding hydrogens is 441 g/mol. The van der Waals surface area contributed by atoms with Crippen molar-refractivity contribution in [2.45, 2.75) is 13.1 Å². The van der Waals surface area contributed by atoms with Gasteiger partial charge in [0.05, 0.1) is 33.0 Å². The van der Waals surface area contributed by atoms with Gasteiger partial charge in [-0.3, -0.25) is 19.6 Å². The topological polar surface area (TPSA) is 99.3 Å². The summed E-state index contributed by atoms with van der Waals surface area (Å²) in [5.74, 6) is -1.05. The molecule has 162 valence electrons. The van der Waals surface area contributed by atoms with Crippen LogP contribution in [0.25, 0.3) is 0 Å². The van der Waals surface area contributed by atoms with Crippen LogP contribution in [0.5, 0.6) is 11.5 Å². The van der Waals surface area contributed by atoms with E-state index in [1.807, 2.05) is 0 Å². The standard InChI is InChI=1S/C19H14ClF3N4O4/c1-10-16(20)17(25-26(10)2)18(28)24-12-7-13(27(29)30)9-15(8-12)31-14-5-3-4-11(6-14)19(21,22)23/h3-9H,1-2H3,(H,24,28). The van der Waals surface area contributed by atoms with Crippen LogP contribution in [0.15, 0.2) is 42.5 Å². The molecule has 0 aliphatic carbocycles. The van der Waals surface area contributed by atoms with Gasteiger partial charge in [-0.05, 0) is 25.1 Å². The average molecular weight is 455 g/mol. The molecule has 0 aliphatic rings. The molecule has 0 saturated heterocycles. The number of aryl methyl sites for hydroxylation is 1. The van der Waals surface area contributed by atoms with Crippen molar-refractivity contribution in [3.63, 3.8) is 0 Å². The predicted molar refractivity (Wildman–Crippen MR) is 106 cm³/mol. The number of carbonyl (C=O) groups excluding carboxylic acids is 1. The molecule has 0 saturated carbocycles. The van der Waals surface area contributed by atoms with Crippen LogP contribution in [-0.4, -0.2) is 20.6 Å². The van der Waals surface area contributed by atoms with Crippen molar-refractivity contribution in [2.24, 2.45) is 7.05 Å². The number of nitrogens with one attached hydrogen (secondary N) is 1. The number of benzene rings is 2. The van der Waals surface area contributed by atoms with E-state index < -0.39 is 28.3 Å². The van der Waals surface area contributed by atoms with Crippen LogP contribution in [0.2, 0.25) is 5.02 Å². The van der Waals surface area contributed by atoms with Crippen LogP contribution < -0.4 is 10.1 Å². The van der Waals surface area contributed by atoms with Crippen LogP contribution in [0, 0.1) is 17.0 Å². The Bertz CT molecular complexity index is 1180. The summed E-state index contributed by atoms with van der Waals surface area (Å²) < 4.78 is 45.5. The lowest BCUT2D eigenvalue weighted by molar-refractivity contribution is -0.384. The van der Waals surface area contributed by atoms with Crippen LogP contribution in [0.1, 0.15) is 21.7 Å². The van der Waals surface area contributed by atoms with E-state index in [2.05, 4.69) is 10.4 Å². The van der Waals surface area contributed by atoms with Gasteiger partial charge in [0.25, 0.3) is 11.6 Å². The number of alkyl halides is 3. The molecule has 1 heterocycles. The molecule has 1 aromatic heterocycles. The Labute approximate surface area is 178 Å². The van der Waals surface area contributed by atoms with Gasteiger partial charge < -0.3 is 10.1 Å². The first-order chi connectivity index (χ1) is 14.5. The second-order valence-electron chi connectivity index (χ2n) is 6.43. The Balaban J connectivity index is 1.92. The number of halogens is 4. The number of nitro groups is 1. The molecule has 1 N–H and O–H groups in total. The van der Waals surface area contributed by atoms with Gasteiger partial charge in [0, 0.05) is 19.2 Å². The summed E-state index contributed by atoms with van der Waals surface area (Å²) in [6.07, 6.45) is -4.58. The SMILES string of the molecule is Cc1c(Cl)c(C(=O)Nc2cc(Oc3cccc(C(F)(F)F)c3)cc([N+](=O)[O-])c2)nn1C. The van der Waals surface area contributed by atoms with E-state index in [-0.39, 0.29) is 27.9 Å². The number of hydrogen-bond acceptors (Lipinski definition) is 5. The third-order valence-corrected chi connectivity index (χ3v) is 4.69. The van der Waals surface area contributed by atoms with Crippen LogP contribution >= 0.6 is 11.6 Å². The van der Waals surface area contributed by atoms with E-state index in [9.17, 15) is 28.1 Å². The lowest BCUT2D eigenvalue weighted by atomic mass is 10.2. The van der Waals surface area contributed by atoms with Crippen molar-refractivity contribution in [3.05, 3.63) is 74.6 Å². The fourth-order valence-corrected chi connectivity index (χ4v) is 2.86. The molecule has 0 fully saturated rings. The third-order valence-electron chi connectivity index (χ3n) is 4.23. The normalized spacial score (nSPS) is 11.3. The van der Waals surface area contributed by atoms with Gasteiger partial charge in [-0.1, -0.05) is 17.7 Å². The minimum Gasteiger partial charge on any atom is -0.457 e. The van der Waals surface area contributed by atoms with Gasteiger partial charge in [-0.25, -0.2) is 0 Å². The van der Waals surface area contributed by atoms with Crippen molar-refractivity contribution in [1.82, 2.24) is 9.78 Å².